The molecule has 6 heteroatoms. The van der Waals surface area contributed by atoms with Crippen LogP contribution in [0.2, 0.25) is 4.34 Å². The minimum Gasteiger partial charge on any atom is -0.306 e. The molecular formula is C14H13BrClF2NS. The summed E-state index contributed by atoms with van der Waals surface area (Å²) in [6.07, 6.45) is 0. The summed E-state index contributed by atoms with van der Waals surface area (Å²) in [7, 11) is 0. The molecule has 1 N–H and O–H groups in total. The van der Waals surface area contributed by atoms with Gasteiger partial charge in [0.15, 0.2) is 0 Å². The van der Waals surface area contributed by atoms with Crippen molar-refractivity contribution in [2.24, 2.45) is 0 Å². The number of halogens is 4. The summed E-state index contributed by atoms with van der Waals surface area (Å²) in [6, 6.07) is 3.86. The Kier molecular flexibility index (Phi) is 5.18. The topological polar surface area (TPSA) is 12.0 Å². The number of hydrogen-bond acceptors (Lipinski definition) is 2. The Hall–Kier alpha value is -0.490. The van der Waals surface area contributed by atoms with E-state index in [-0.39, 0.29) is 5.56 Å². The number of thiophene rings is 1. The molecule has 1 unspecified atom stereocenters. The summed E-state index contributed by atoms with van der Waals surface area (Å²) >= 11 is 10.5. The number of hydrogen-bond donors (Lipinski definition) is 1. The van der Waals surface area contributed by atoms with Crippen molar-refractivity contribution in [3.05, 3.63) is 54.6 Å². The van der Waals surface area contributed by atoms with E-state index in [1.165, 1.54) is 23.5 Å². The number of rotatable bonds is 4. The second-order valence-corrected chi connectivity index (χ2v) is 6.98. The Labute approximate surface area is 134 Å². The molecule has 0 fully saturated rings. The van der Waals surface area contributed by atoms with Crippen LogP contribution in [0.25, 0.3) is 0 Å². The highest BCUT2D eigenvalue weighted by Crippen LogP contribution is 2.36. The molecule has 1 nitrogen and oxygen atoms in total. The molecule has 2 rings (SSSR count). The molecule has 1 atom stereocenters. The second kappa shape index (κ2) is 6.52. The summed E-state index contributed by atoms with van der Waals surface area (Å²) < 4.78 is 29.3. The minimum absolute atomic E-state index is 0.0213. The van der Waals surface area contributed by atoms with Crippen molar-refractivity contribution in [3.63, 3.8) is 0 Å². The number of benzene rings is 1. The van der Waals surface area contributed by atoms with E-state index in [0.717, 1.165) is 10.4 Å². The summed E-state index contributed by atoms with van der Waals surface area (Å²) in [5, 5.41) is 3.11. The van der Waals surface area contributed by atoms with Crippen molar-refractivity contribution in [3.8, 4) is 0 Å². The molecule has 0 radical (unpaired) electrons. The van der Waals surface area contributed by atoms with Gasteiger partial charge in [-0.15, -0.1) is 11.3 Å². The highest BCUT2D eigenvalue weighted by molar-refractivity contribution is 9.10. The van der Waals surface area contributed by atoms with Gasteiger partial charge >= 0.3 is 0 Å². The van der Waals surface area contributed by atoms with Crippen LogP contribution >= 0.6 is 38.9 Å². The van der Waals surface area contributed by atoms with Crippen molar-refractivity contribution in [2.75, 3.05) is 6.54 Å². The molecule has 0 amide bonds. The van der Waals surface area contributed by atoms with Gasteiger partial charge < -0.3 is 5.32 Å². The lowest BCUT2D eigenvalue weighted by Gasteiger charge is -2.18. The summed E-state index contributed by atoms with van der Waals surface area (Å²) in [5.74, 6) is -1.16. The molecule has 1 aromatic carbocycles. The van der Waals surface area contributed by atoms with E-state index in [9.17, 15) is 8.78 Å². The summed E-state index contributed by atoms with van der Waals surface area (Å²) in [5.41, 5.74) is 0.931. The Morgan fingerprint density at radius 2 is 1.90 bits per heavy atom. The van der Waals surface area contributed by atoms with Gasteiger partial charge in [-0.1, -0.05) is 34.5 Å². The van der Waals surface area contributed by atoms with Crippen molar-refractivity contribution >= 4 is 38.9 Å². The van der Waals surface area contributed by atoms with Crippen LogP contribution in [0.15, 0.2) is 22.7 Å². The fraction of sp³-hybridized carbons (Fsp3) is 0.286. The van der Waals surface area contributed by atoms with Gasteiger partial charge in [0.2, 0.25) is 0 Å². The van der Waals surface area contributed by atoms with Gasteiger partial charge in [0, 0.05) is 14.9 Å². The SMILES string of the molecule is CCNC(c1cc(C)c(Cl)s1)c1c(F)cc(Br)cc1F. The van der Waals surface area contributed by atoms with E-state index in [1.54, 1.807) is 0 Å². The molecule has 0 saturated heterocycles. The zero-order valence-electron chi connectivity index (χ0n) is 10.9. The normalized spacial score (nSPS) is 12.7. The standard InChI is InChI=1S/C14H13BrClF2NS/c1-3-19-13(11-4-7(2)14(16)20-11)12-9(17)5-8(15)6-10(12)18/h4-6,13,19H,3H2,1-2H3. The molecule has 20 heavy (non-hydrogen) atoms. The zero-order valence-corrected chi connectivity index (χ0v) is 14.1. The van der Waals surface area contributed by atoms with Crippen molar-refractivity contribution in [1.82, 2.24) is 5.32 Å². The number of nitrogens with one attached hydrogen (secondary N) is 1. The fourth-order valence-electron chi connectivity index (χ4n) is 2.00. The zero-order chi connectivity index (χ0) is 14.9. The predicted octanol–water partition coefficient (Wildman–Crippen LogP) is 5.45. The van der Waals surface area contributed by atoms with Crippen LogP contribution in [-0.2, 0) is 0 Å². The van der Waals surface area contributed by atoms with Crippen LogP contribution < -0.4 is 5.32 Å². The summed E-state index contributed by atoms with van der Waals surface area (Å²) in [6.45, 7) is 4.36. The van der Waals surface area contributed by atoms with Crippen LogP contribution in [0, 0.1) is 18.6 Å². The maximum Gasteiger partial charge on any atom is 0.132 e. The molecule has 0 aliphatic rings. The maximum absolute atomic E-state index is 14.1. The first-order valence-electron chi connectivity index (χ1n) is 6.07. The van der Waals surface area contributed by atoms with E-state index in [4.69, 9.17) is 11.6 Å². The highest BCUT2D eigenvalue weighted by atomic mass is 79.9. The van der Waals surface area contributed by atoms with Crippen molar-refractivity contribution < 1.29 is 8.78 Å². The highest BCUT2D eigenvalue weighted by Gasteiger charge is 2.24. The van der Waals surface area contributed by atoms with E-state index in [1.807, 2.05) is 19.9 Å². The molecule has 2 aromatic rings. The fourth-order valence-corrected chi connectivity index (χ4v) is 3.71. The third-order valence-corrected chi connectivity index (χ3v) is 4.98. The van der Waals surface area contributed by atoms with Crippen LogP contribution in [0.4, 0.5) is 8.78 Å². The van der Waals surface area contributed by atoms with E-state index in [2.05, 4.69) is 21.2 Å². The minimum atomic E-state index is -0.579. The van der Waals surface area contributed by atoms with Gasteiger partial charge in [0.1, 0.15) is 11.6 Å². The van der Waals surface area contributed by atoms with Gasteiger partial charge in [0.05, 0.1) is 10.4 Å². The maximum atomic E-state index is 14.1. The van der Waals surface area contributed by atoms with Crippen molar-refractivity contribution in [2.45, 2.75) is 19.9 Å². The quantitative estimate of drug-likeness (QED) is 0.743. The largest absolute Gasteiger partial charge is 0.306 e. The van der Waals surface area contributed by atoms with E-state index >= 15 is 0 Å². The molecule has 1 heterocycles. The van der Waals surface area contributed by atoms with Crippen LogP contribution in [0.1, 0.15) is 29.0 Å². The van der Waals surface area contributed by atoms with E-state index < -0.39 is 17.7 Å². The first-order chi connectivity index (χ1) is 9.43. The predicted molar refractivity (Wildman–Crippen MR) is 83.6 cm³/mol. The van der Waals surface area contributed by atoms with Crippen LogP contribution in [0.3, 0.4) is 0 Å². The third-order valence-electron chi connectivity index (χ3n) is 2.90. The third kappa shape index (κ3) is 3.22. The molecule has 0 aliphatic carbocycles. The lowest BCUT2D eigenvalue weighted by Crippen LogP contribution is -2.23. The average Bonchev–Trinajstić information content (AvgIpc) is 2.67. The monoisotopic (exact) mass is 379 g/mol. The smallest absolute Gasteiger partial charge is 0.132 e. The summed E-state index contributed by atoms with van der Waals surface area (Å²) in [4.78, 5) is 0.800. The molecular weight excluding hydrogens is 368 g/mol. The molecule has 108 valence electrons. The van der Waals surface area contributed by atoms with Crippen molar-refractivity contribution in [1.29, 1.82) is 0 Å². The average molecular weight is 381 g/mol. The van der Waals surface area contributed by atoms with Gasteiger partial charge in [0.25, 0.3) is 0 Å². The van der Waals surface area contributed by atoms with Crippen LogP contribution in [-0.4, -0.2) is 6.54 Å². The Balaban J connectivity index is 2.54. The lowest BCUT2D eigenvalue weighted by atomic mass is 10.0. The Bertz CT molecular complexity index is 587. The van der Waals surface area contributed by atoms with Gasteiger partial charge in [-0.05, 0) is 37.2 Å². The van der Waals surface area contributed by atoms with Gasteiger partial charge in [-0.25, -0.2) is 8.78 Å². The first-order valence-corrected chi connectivity index (χ1v) is 8.06. The molecule has 0 saturated carbocycles. The molecule has 0 bridgehead atoms. The second-order valence-electron chi connectivity index (χ2n) is 4.38. The first kappa shape index (κ1) is 15.9. The lowest BCUT2D eigenvalue weighted by molar-refractivity contribution is 0.512. The molecule has 1 aromatic heterocycles. The van der Waals surface area contributed by atoms with Gasteiger partial charge in [-0.3, -0.25) is 0 Å². The van der Waals surface area contributed by atoms with Crippen LogP contribution in [0.5, 0.6) is 0 Å². The Morgan fingerprint density at radius 3 is 2.35 bits per heavy atom. The Morgan fingerprint density at radius 1 is 1.30 bits per heavy atom. The molecule has 0 aliphatic heterocycles. The van der Waals surface area contributed by atoms with Gasteiger partial charge in [-0.2, -0.15) is 0 Å². The number of aryl methyl sites for hydroxylation is 1. The molecule has 0 spiro atoms. The van der Waals surface area contributed by atoms with E-state index in [0.29, 0.717) is 15.4 Å².